The average Bonchev–Trinajstić information content (AvgIpc) is 2.34. The summed E-state index contributed by atoms with van der Waals surface area (Å²) in [5, 5.41) is 0. The maximum Gasteiger partial charge on any atom is 0.244 e. The molecular formula is C13H19NO4S. The van der Waals surface area contributed by atoms with Gasteiger partial charge in [-0.1, -0.05) is 18.2 Å². The number of carbonyl (C=O) groups excluding carboxylic acids is 1. The number of rotatable bonds is 5. The molecule has 1 rings (SSSR count). The maximum absolute atomic E-state index is 11.9. The van der Waals surface area contributed by atoms with E-state index in [2.05, 4.69) is 5.48 Å². The molecule has 1 aromatic carbocycles. The molecule has 1 amide bonds. The first-order valence-electron chi connectivity index (χ1n) is 5.95. The molecule has 19 heavy (non-hydrogen) atoms. The van der Waals surface area contributed by atoms with Crippen molar-refractivity contribution in [2.24, 2.45) is 0 Å². The summed E-state index contributed by atoms with van der Waals surface area (Å²) < 4.78 is 23.8. The van der Waals surface area contributed by atoms with Gasteiger partial charge in [-0.3, -0.25) is 9.63 Å². The standard InChI is InChI=1S/C13H19NO4S/c1-13(2,3)18-14-12(15)9-10-19(16,17)11-7-5-4-6-8-11/h4-8H,9-10H2,1-3H3,(H,14,15). The van der Waals surface area contributed by atoms with Crippen LogP contribution in [0.5, 0.6) is 0 Å². The molecule has 0 saturated heterocycles. The zero-order valence-electron chi connectivity index (χ0n) is 11.3. The first-order chi connectivity index (χ1) is 8.71. The van der Waals surface area contributed by atoms with Gasteiger partial charge in [-0.15, -0.1) is 0 Å². The summed E-state index contributed by atoms with van der Waals surface area (Å²) in [5.74, 6) is -0.689. The Kier molecular flexibility index (Phi) is 5.08. The van der Waals surface area contributed by atoms with Crippen molar-refractivity contribution in [2.75, 3.05) is 5.75 Å². The summed E-state index contributed by atoms with van der Waals surface area (Å²) in [6.07, 6.45) is -0.132. The molecule has 106 valence electrons. The molecule has 0 saturated carbocycles. The fourth-order valence-corrected chi connectivity index (χ4v) is 2.50. The lowest BCUT2D eigenvalue weighted by molar-refractivity contribution is -0.145. The number of hydroxylamine groups is 1. The minimum Gasteiger partial charge on any atom is -0.273 e. The second-order valence-corrected chi connectivity index (χ2v) is 7.23. The summed E-state index contributed by atoms with van der Waals surface area (Å²) >= 11 is 0. The van der Waals surface area contributed by atoms with Crippen LogP contribution in [0.1, 0.15) is 27.2 Å². The molecule has 1 aromatic rings. The lowest BCUT2D eigenvalue weighted by Gasteiger charge is -2.18. The van der Waals surface area contributed by atoms with Crippen molar-refractivity contribution in [3.05, 3.63) is 30.3 Å². The van der Waals surface area contributed by atoms with E-state index in [4.69, 9.17) is 4.84 Å². The highest BCUT2D eigenvalue weighted by molar-refractivity contribution is 7.91. The van der Waals surface area contributed by atoms with Crippen LogP contribution in [0.25, 0.3) is 0 Å². The van der Waals surface area contributed by atoms with Crippen LogP contribution < -0.4 is 5.48 Å². The van der Waals surface area contributed by atoms with Crippen LogP contribution >= 0.6 is 0 Å². The Hall–Kier alpha value is -1.40. The van der Waals surface area contributed by atoms with Crippen LogP contribution in [0.15, 0.2) is 35.2 Å². The number of sulfone groups is 1. The van der Waals surface area contributed by atoms with Gasteiger partial charge in [-0.25, -0.2) is 13.9 Å². The minimum atomic E-state index is -3.43. The molecule has 0 atom stereocenters. The van der Waals surface area contributed by atoms with Crippen molar-refractivity contribution < 1.29 is 18.0 Å². The lowest BCUT2D eigenvalue weighted by atomic mass is 10.2. The molecule has 0 radical (unpaired) electrons. The molecule has 0 aliphatic rings. The third-order valence-electron chi connectivity index (χ3n) is 2.17. The molecule has 0 aromatic heterocycles. The fourth-order valence-electron chi connectivity index (χ4n) is 1.23. The first kappa shape index (κ1) is 15.7. The average molecular weight is 285 g/mol. The van der Waals surface area contributed by atoms with Crippen molar-refractivity contribution >= 4 is 15.7 Å². The summed E-state index contributed by atoms with van der Waals surface area (Å²) in [4.78, 5) is 16.8. The second kappa shape index (κ2) is 6.16. The van der Waals surface area contributed by atoms with Gasteiger partial charge in [0, 0.05) is 6.42 Å². The monoisotopic (exact) mass is 285 g/mol. The molecule has 5 nitrogen and oxygen atoms in total. The molecule has 0 bridgehead atoms. The van der Waals surface area contributed by atoms with E-state index < -0.39 is 21.3 Å². The molecule has 0 heterocycles. The largest absolute Gasteiger partial charge is 0.273 e. The van der Waals surface area contributed by atoms with Gasteiger partial charge < -0.3 is 0 Å². The van der Waals surface area contributed by atoms with Crippen LogP contribution in [0.3, 0.4) is 0 Å². The molecule has 6 heteroatoms. The van der Waals surface area contributed by atoms with E-state index in [0.29, 0.717) is 0 Å². The summed E-state index contributed by atoms with van der Waals surface area (Å²) in [7, 11) is -3.43. The molecular weight excluding hydrogens is 266 g/mol. The number of nitrogens with one attached hydrogen (secondary N) is 1. The Balaban J connectivity index is 2.51. The zero-order valence-corrected chi connectivity index (χ0v) is 12.2. The van der Waals surface area contributed by atoms with Crippen LogP contribution in [0, 0.1) is 0 Å². The van der Waals surface area contributed by atoms with E-state index >= 15 is 0 Å². The normalized spacial score (nSPS) is 12.2. The third kappa shape index (κ3) is 5.85. The van der Waals surface area contributed by atoms with Crippen molar-refractivity contribution in [2.45, 2.75) is 37.7 Å². The van der Waals surface area contributed by atoms with Gasteiger partial charge in [0.1, 0.15) is 0 Å². The molecule has 0 unspecified atom stereocenters. The number of benzene rings is 1. The van der Waals surface area contributed by atoms with E-state index in [0.717, 1.165) is 0 Å². The highest BCUT2D eigenvalue weighted by Gasteiger charge is 2.17. The van der Waals surface area contributed by atoms with Gasteiger partial charge >= 0.3 is 0 Å². The Morgan fingerprint density at radius 1 is 1.21 bits per heavy atom. The molecule has 0 aliphatic carbocycles. The minimum absolute atomic E-state index is 0.132. The smallest absolute Gasteiger partial charge is 0.244 e. The van der Waals surface area contributed by atoms with E-state index in [1.807, 2.05) is 0 Å². The van der Waals surface area contributed by atoms with Crippen molar-refractivity contribution in [3.63, 3.8) is 0 Å². The van der Waals surface area contributed by atoms with E-state index in [9.17, 15) is 13.2 Å². The summed E-state index contributed by atoms with van der Waals surface area (Å²) in [6, 6.07) is 8.06. The van der Waals surface area contributed by atoms with Crippen LogP contribution in [-0.4, -0.2) is 25.7 Å². The second-order valence-electron chi connectivity index (χ2n) is 5.12. The van der Waals surface area contributed by atoms with Gasteiger partial charge in [0.25, 0.3) is 0 Å². The van der Waals surface area contributed by atoms with Crippen molar-refractivity contribution in [3.8, 4) is 0 Å². The number of hydrogen-bond acceptors (Lipinski definition) is 4. The number of hydrogen-bond donors (Lipinski definition) is 1. The Morgan fingerprint density at radius 3 is 2.32 bits per heavy atom. The number of carbonyl (C=O) groups is 1. The van der Waals surface area contributed by atoms with E-state index in [1.165, 1.54) is 12.1 Å². The van der Waals surface area contributed by atoms with Crippen molar-refractivity contribution in [1.29, 1.82) is 0 Å². The topological polar surface area (TPSA) is 72.5 Å². The Morgan fingerprint density at radius 2 is 1.79 bits per heavy atom. The fraction of sp³-hybridized carbons (Fsp3) is 0.462. The van der Waals surface area contributed by atoms with Gasteiger partial charge in [0.2, 0.25) is 5.91 Å². The van der Waals surface area contributed by atoms with E-state index in [1.54, 1.807) is 39.0 Å². The first-order valence-corrected chi connectivity index (χ1v) is 7.61. The van der Waals surface area contributed by atoms with Crippen LogP contribution in [-0.2, 0) is 19.5 Å². The summed E-state index contributed by atoms with van der Waals surface area (Å²) in [5.41, 5.74) is 1.74. The Labute approximate surface area is 113 Å². The zero-order chi connectivity index (χ0) is 14.5. The highest BCUT2D eigenvalue weighted by Crippen LogP contribution is 2.11. The third-order valence-corrected chi connectivity index (χ3v) is 3.90. The van der Waals surface area contributed by atoms with Gasteiger partial charge in [-0.05, 0) is 32.9 Å². The van der Waals surface area contributed by atoms with Gasteiger partial charge in [0.05, 0.1) is 16.2 Å². The highest BCUT2D eigenvalue weighted by atomic mass is 32.2. The SMILES string of the molecule is CC(C)(C)ONC(=O)CCS(=O)(=O)c1ccccc1. The van der Waals surface area contributed by atoms with Gasteiger partial charge in [-0.2, -0.15) is 0 Å². The van der Waals surface area contributed by atoms with Crippen LogP contribution in [0.2, 0.25) is 0 Å². The van der Waals surface area contributed by atoms with Crippen LogP contribution in [0.4, 0.5) is 0 Å². The lowest BCUT2D eigenvalue weighted by Crippen LogP contribution is -2.34. The molecule has 1 N–H and O–H groups in total. The molecule has 0 spiro atoms. The Bertz CT molecular complexity index is 517. The maximum atomic E-state index is 11.9. The van der Waals surface area contributed by atoms with Gasteiger partial charge in [0.15, 0.2) is 9.84 Å². The quantitative estimate of drug-likeness (QED) is 0.836. The van der Waals surface area contributed by atoms with Crippen molar-refractivity contribution in [1.82, 2.24) is 5.48 Å². The summed E-state index contributed by atoms with van der Waals surface area (Å²) in [6.45, 7) is 5.36. The molecule has 0 fully saturated rings. The van der Waals surface area contributed by atoms with E-state index in [-0.39, 0.29) is 17.1 Å². The number of amides is 1. The predicted octanol–water partition coefficient (Wildman–Crippen LogP) is 1.70. The predicted molar refractivity (Wildman–Crippen MR) is 72.1 cm³/mol. The molecule has 0 aliphatic heterocycles.